The topological polar surface area (TPSA) is 51.3 Å². The largest absolute Gasteiger partial charge is 0.387 e. The summed E-state index contributed by atoms with van der Waals surface area (Å²) in [4.78, 5) is 8.53. The summed E-state index contributed by atoms with van der Waals surface area (Å²) >= 11 is 0. The van der Waals surface area contributed by atoms with Gasteiger partial charge in [0.2, 0.25) is 0 Å². The summed E-state index contributed by atoms with van der Waals surface area (Å²) in [5, 5.41) is 0. The van der Waals surface area contributed by atoms with Crippen LogP contribution >= 0.6 is 0 Å². The minimum atomic E-state index is 0.129. The van der Waals surface area contributed by atoms with Crippen LogP contribution in [0.25, 0.3) is 0 Å². The number of amidine groups is 1. The van der Waals surface area contributed by atoms with Gasteiger partial charge in [-0.05, 0) is 31.4 Å². The number of pyridine rings is 1. The molecule has 0 aliphatic heterocycles. The van der Waals surface area contributed by atoms with Gasteiger partial charge in [0.25, 0.3) is 0 Å². The van der Waals surface area contributed by atoms with E-state index in [2.05, 4.69) is 9.98 Å². The Hall–Kier alpha value is -1.38. The second kappa shape index (κ2) is 3.78. The summed E-state index contributed by atoms with van der Waals surface area (Å²) in [6.45, 7) is 2.05. The maximum Gasteiger partial charge on any atom is 0.0975 e. The number of rotatable bonds is 3. The lowest BCUT2D eigenvalue weighted by Crippen LogP contribution is -2.15. The lowest BCUT2D eigenvalue weighted by Gasteiger charge is -2.07. The number of hydrogen-bond acceptors (Lipinski definition) is 2. The van der Waals surface area contributed by atoms with Gasteiger partial charge in [0.05, 0.1) is 11.9 Å². The van der Waals surface area contributed by atoms with Gasteiger partial charge in [-0.25, -0.2) is 0 Å². The molecule has 0 bridgehead atoms. The third kappa shape index (κ3) is 2.10. The fraction of sp³-hybridized carbons (Fsp3) is 0.455. The summed E-state index contributed by atoms with van der Waals surface area (Å²) < 4.78 is 0. The Morgan fingerprint density at radius 2 is 2.43 bits per heavy atom. The summed E-state index contributed by atoms with van der Waals surface area (Å²) in [7, 11) is 0. The summed E-state index contributed by atoms with van der Waals surface area (Å²) in [5.74, 6) is 1.36. The van der Waals surface area contributed by atoms with E-state index in [0.29, 0.717) is 5.92 Å². The highest BCUT2D eigenvalue weighted by atomic mass is 14.9. The monoisotopic (exact) mass is 189 g/mol. The summed E-state index contributed by atoms with van der Waals surface area (Å²) in [5.41, 5.74) is 6.97. The van der Waals surface area contributed by atoms with E-state index in [1.807, 2.05) is 25.3 Å². The lowest BCUT2D eigenvalue weighted by atomic mass is 10.1. The van der Waals surface area contributed by atoms with Gasteiger partial charge in [-0.15, -0.1) is 0 Å². The first-order valence-corrected chi connectivity index (χ1v) is 5.00. The summed E-state index contributed by atoms with van der Waals surface area (Å²) in [6.07, 6.45) is 6.02. The molecule has 1 aliphatic carbocycles. The van der Waals surface area contributed by atoms with Crippen LogP contribution in [0.4, 0.5) is 0 Å². The Morgan fingerprint density at radius 3 is 3.00 bits per heavy atom. The van der Waals surface area contributed by atoms with Gasteiger partial charge in [-0.2, -0.15) is 0 Å². The van der Waals surface area contributed by atoms with Crippen molar-refractivity contribution in [3.05, 3.63) is 30.1 Å². The number of hydrogen-bond donors (Lipinski definition) is 1. The molecule has 0 radical (unpaired) electrons. The molecular weight excluding hydrogens is 174 g/mol. The van der Waals surface area contributed by atoms with Crippen LogP contribution < -0.4 is 5.73 Å². The zero-order valence-electron chi connectivity index (χ0n) is 8.35. The van der Waals surface area contributed by atoms with Crippen LogP contribution in [0.5, 0.6) is 0 Å². The first-order chi connectivity index (χ1) is 6.77. The highest BCUT2D eigenvalue weighted by Gasteiger charge is 2.25. The molecule has 3 heteroatoms. The molecule has 1 heterocycles. The number of aliphatic imine (C=N–C) groups is 1. The van der Waals surface area contributed by atoms with Crippen LogP contribution in [-0.2, 0) is 0 Å². The van der Waals surface area contributed by atoms with Crippen molar-refractivity contribution in [1.29, 1.82) is 0 Å². The highest BCUT2D eigenvalue weighted by molar-refractivity contribution is 5.85. The van der Waals surface area contributed by atoms with Crippen molar-refractivity contribution in [1.82, 2.24) is 4.98 Å². The van der Waals surface area contributed by atoms with Gasteiger partial charge >= 0.3 is 0 Å². The molecule has 0 aromatic carbocycles. The molecule has 3 nitrogen and oxygen atoms in total. The first kappa shape index (κ1) is 9.19. The molecule has 1 unspecified atom stereocenters. The maximum atomic E-state index is 5.85. The van der Waals surface area contributed by atoms with Crippen molar-refractivity contribution in [2.45, 2.75) is 25.8 Å². The van der Waals surface area contributed by atoms with E-state index in [0.717, 1.165) is 11.4 Å². The zero-order chi connectivity index (χ0) is 9.97. The standard InChI is InChI=1S/C11H15N3/c1-8(10-3-2-6-13-7-10)14-11(12)9-4-5-9/h2-3,6-9H,4-5H2,1H3,(H2,12,14). The minimum Gasteiger partial charge on any atom is -0.387 e. The Morgan fingerprint density at radius 1 is 1.64 bits per heavy atom. The van der Waals surface area contributed by atoms with Crippen LogP contribution in [-0.4, -0.2) is 10.8 Å². The van der Waals surface area contributed by atoms with E-state index in [-0.39, 0.29) is 6.04 Å². The molecule has 0 spiro atoms. The van der Waals surface area contributed by atoms with Crippen molar-refractivity contribution in [2.75, 3.05) is 0 Å². The van der Waals surface area contributed by atoms with Gasteiger partial charge < -0.3 is 5.73 Å². The minimum absolute atomic E-state index is 0.129. The molecule has 1 saturated carbocycles. The Bertz CT molecular complexity index is 328. The number of nitrogens with zero attached hydrogens (tertiary/aromatic N) is 2. The molecule has 74 valence electrons. The van der Waals surface area contributed by atoms with Crippen molar-refractivity contribution in [2.24, 2.45) is 16.6 Å². The van der Waals surface area contributed by atoms with Crippen LogP contribution in [0.15, 0.2) is 29.5 Å². The van der Waals surface area contributed by atoms with Crippen LogP contribution in [0.2, 0.25) is 0 Å². The molecular formula is C11H15N3. The van der Waals surface area contributed by atoms with Crippen molar-refractivity contribution >= 4 is 5.84 Å². The van der Waals surface area contributed by atoms with E-state index < -0.39 is 0 Å². The van der Waals surface area contributed by atoms with E-state index in [4.69, 9.17) is 5.73 Å². The van der Waals surface area contributed by atoms with Crippen molar-refractivity contribution < 1.29 is 0 Å². The molecule has 1 atom stereocenters. The van der Waals surface area contributed by atoms with E-state index in [1.165, 1.54) is 12.8 Å². The first-order valence-electron chi connectivity index (χ1n) is 5.00. The molecule has 0 saturated heterocycles. The van der Waals surface area contributed by atoms with Crippen LogP contribution in [0.3, 0.4) is 0 Å². The van der Waals surface area contributed by atoms with Crippen LogP contribution in [0, 0.1) is 5.92 Å². The van der Waals surface area contributed by atoms with Gasteiger partial charge in [-0.3, -0.25) is 9.98 Å². The lowest BCUT2D eigenvalue weighted by molar-refractivity contribution is 0.802. The average Bonchev–Trinajstić information content (AvgIpc) is 3.02. The molecule has 1 aromatic heterocycles. The Labute approximate surface area is 84.1 Å². The number of aromatic nitrogens is 1. The predicted octanol–water partition coefficient (Wildman–Crippen LogP) is 1.91. The van der Waals surface area contributed by atoms with Gasteiger partial charge in [0.15, 0.2) is 0 Å². The molecule has 1 aromatic rings. The van der Waals surface area contributed by atoms with Gasteiger partial charge in [-0.1, -0.05) is 6.07 Å². The molecule has 2 rings (SSSR count). The van der Waals surface area contributed by atoms with E-state index in [1.54, 1.807) is 6.20 Å². The Kier molecular flexibility index (Phi) is 2.48. The maximum absolute atomic E-state index is 5.85. The zero-order valence-corrected chi connectivity index (χ0v) is 8.35. The van der Waals surface area contributed by atoms with Crippen LogP contribution in [0.1, 0.15) is 31.4 Å². The van der Waals surface area contributed by atoms with Gasteiger partial charge in [0.1, 0.15) is 0 Å². The SMILES string of the molecule is CC(N=C(N)C1CC1)c1cccnc1. The van der Waals surface area contributed by atoms with Crippen molar-refractivity contribution in [3.8, 4) is 0 Å². The molecule has 1 fully saturated rings. The molecule has 1 aliphatic rings. The third-order valence-corrected chi connectivity index (χ3v) is 2.51. The smallest absolute Gasteiger partial charge is 0.0975 e. The van der Waals surface area contributed by atoms with E-state index in [9.17, 15) is 0 Å². The van der Waals surface area contributed by atoms with Gasteiger partial charge in [0, 0.05) is 18.3 Å². The fourth-order valence-electron chi connectivity index (χ4n) is 1.41. The fourth-order valence-corrected chi connectivity index (χ4v) is 1.41. The summed E-state index contributed by atoms with van der Waals surface area (Å²) in [6, 6.07) is 4.08. The number of nitrogens with two attached hydrogens (primary N) is 1. The van der Waals surface area contributed by atoms with E-state index >= 15 is 0 Å². The quantitative estimate of drug-likeness (QED) is 0.583. The highest BCUT2D eigenvalue weighted by Crippen LogP contribution is 2.30. The Balaban J connectivity index is 2.08. The second-order valence-electron chi connectivity index (χ2n) is 3.79. The molecule has 2 N–H and O–H groups in total. The molecule has 0 amide bonds. The second-order valence-corrected chi connectivity index (χ2v) is 3.79. The molecule has 14 heavy (non-hydrogen) atoms. The predicted molar refractivity (Wildman–Crippen MR) is 57.0 cm³/mol. The normalized spacial score (nSPS) is 19.4. The van der Waals surface area contributed by atoms with Crippen molar-refractivity contribution in [3.63, 3.8) is 0 Å². The third-order valence-electron chi connectivity index (χ3n) is 2.51. The average molecular weight is 189 g/mol.